The van der Waals surface area contributed by atoms with E-state index in [2.05, 4.69) is 34.8 Å². The molecule has 0 unspecified atom stereocenters. The number of alkyl halides is 2. The van der Waals surface area contributed by atoms with Crippen molar-refractivity contribution in [2.24, 2.45) is 0 Å². The Labute approximate surface area is 217 Å². The van der Waals surface area contributed by atoms with Gasteiger partial charge in [0.15, 0.2) is 21.5 Å². The summed E-state index contributed by atoms with van der Waals surface area (Å²) in [6, 6.07) is 4.07. The van der Waals surface area contributed by atoms with Crippen LogP contribution in [0.25, 0.3) is 16.3 Å². The lowest BCUT2D eigenvalue weighted by Crippen LogP contribution is -2.42. The number of rotatable bonds is 10. The first-order valence-electron chi connectivity index (χ1n) is 11.1. The minimum Gasteiger partial charge on any atom is -0.365 e. The van der Waals surface area contributed by atoms with Gasteiger partial charge >= 0.3 is 0 Å². The van der Waals surface area contributed by atoms with Crippen molar-refractivity contribution in [1.29, 1.82) is 5.26 Å². The monoisotopic (exact) mass is 574 g/mol. The standard InChI is InChI=1S/C21H25ClF2N6O3S2Si/c1-21(5-6-21)30(12-33-7-8-36(2,3)4)35(31,32)13-9-14(22)16-15(10-25)26-18(29(16)11-13)20-28-27-19(34-20)17(23)24/h9,11,17H,5-8,12H2,1-4H3. The zero-order valence-electron chi connectivity index (χ0n) is 20.1. The minimum atomic E-state index is -4.08. The molecule has 1 saturated carbocycles. The van der Waals surface area contributed by atoms with E-state index in [1.54, 1.807) is 0 Å². The normalized spacial score (nSPS) is 15.7. The number of hydrogen-bond acceptors (Lipinski definition) is 8. The average molecular weight is 575 g/mol. The number of imidazole rings is 1. The summed E-state index contributed by atoms with van der Waals surface area (Å²) in [6.07, 6.45) is -0.166. The maximum Gasteiger partial charge on any atom is 0.291 e. The predicted molar refractivity (Wildman–Crippen MR) is 134 cm³/mol. The predicted octanol–water partition coefficient (Wildman–Crippen LogP) is 5.17. The molecule has 1 aliphatic carbocycles. The van der Waals surface area contributed by atoms with Crippen LogP contribution >= 0.6 is 22.9 Å². The lowest BCUT2D eigenvalue weighted by molar-refractivity contribution is 0.0591. The molecule has 0 saturated heterocycles. The fourth-order valence-electron chi connectivity index (χ4n) is 3.53. The van der Waals surface area contributed by atoms with E-state index < -0.39 is 35.1 Å². The van der Waals surface area contributed by atoms with Gasteiger partial charge in [0.1, 0.15) is 23.2 Å². The van der Waals surface area contributed by atoms with Gasteiger partial charge in [0.2, 0.25) is 10.0 Å². The molecule has 9 nitrogen and oxygen atoms in total. The van der Waals surface area contributed by atoms with Gasteiger partial charge in [-0.25, -0.2) is 22.2 Å². The summed E-state index contributed by atoms with van der Waals surface area (Å²) in [5.74, 6) is 0.000435. The SMILES string of the molecule is CC1(N(COCC[Si](C)(C)C)S(=O)(=O)c2cc(Cl)c3c(C#N)nc(-c4nnc(C(F)F)s4)n3c2)CC1. The molecule has 3 aromatic rings. The van der Waals surface area contributed by atoms with Gasteiger partial charge in [-0.1, -0.05) is 42.6 Å². The van der Waals surface area contributed by atoms with E-state index in [4.69, 9.17) is 16.3 Å². The molecule has 0 bridgehead atoms. The fraction of sp³-hybridized carbons (Fsp3) is 0.524. The van der Waals surface area contributed by atoms with E-state index >= 15 is 0 Å². The molecule has 1 aliphatic rings. The van der Waals surface area contributed by atoms with E-state index in [1.807, 2.05) is 13.0 Å². The minimum absolute atomic E-state index is 0.000435. The summed E-state index contributed by atoms with van der Waals surface area (Å²) in [7, 11) is -5.44. The van der Waals surface area contributed by atoms with Crippen molar-refractivity contribution in [1.82, 2.24) is 23.9 Å². The Bertz CT molecular complexity index is 1440. The van der Waals surface area contributed by atoms with E-state index in [0.29, 0.717) is 30.8 Å². The lowest BCUT2D eigenvalue weighted by Gasteiger charge is -2.28. The third-order valence-electron chi connectivity index (χ3n) is 5.96. The zero-order chi connectivity index (χ0) is 26.5. The largest absolute Gasteiger partial charge is 0.365 e. The fourth-order valence-corrected chi connectivity index (χ4v) is 7.07. The first kappa shape index (κ1) is 27.0. The number of nitrogens with zero attached hydrogens (tertiary/aromatic N) is 6. The number of ether oxygens (including phenoxy) is 1. The number of sulfonamides is 1. The summed E-state index contributed by atoms with van der Waals surface area (Å²) in [5, 5.41) is 16.2. The van der Waals surface area contributed by atoms with Gasteiger partial charge in [-0.3, -0.25) is 4.40 Å². The van der Waals surface area contributed by atoms with Gasteiger partial charge in [0, 0.05) is 26.4 Å². The smallest absolute Gasteiger partial charge is 0.291 e. The van der Waals surface area contributed by atoms with Gasteiger partial charge in [-0.2, -0.15) is 9.57 Å². The molecule has 4 rings (SSSR count). The molecule has 0 atom stereocenters. The Hall–Kier alpha value is -2.02. The van der Waals surface area contributed by atoms with E-state index in [0.717, 1.165) is 6.04 Å². The highest BCUT2D eigenvalue weighted by molar-refractivity contribution is 7.89. The highest BCUT2D eigenvalue weighted by atomic mass is 35.5. The molecule has 36 heavy (non-hydrogen) atoms. The molecule has 0 aromatic carbocycles. The second kappa shape index (κ2) is 9.69. The van der Waals surface area contributed by atoms with Crippen LogP contribution in [-0.4, -0.2) is 59.3 Å². The van der Waals surface area contributed by atoms with Crippen molar-refractivity contribution < 1.29 is 21.9 Å². The number of hydrogen-bond donors (Lipinski definition) is 0. The van der Waals surface area contributed by atoms with Crippen LogP contribution in [0, 0.1) is 11.3 Å². The quantitative estimate of drug-likeness (QED) is 0.186. The summed E-state index contributed by atoms with van der Waals surface area (Å²) in [6.45, 7) is 8.85. The Morgan fingerprint density at radius 3 is 2.61 bits per heavy atom. The molecule has 1 fully saturated rings. The van der Waals surface area contributed by atoms with Crippen molar-refractivity contribution >= 4 is 46.6 Å². The molecule has 3 heterocycles. The Kier molecular flexibility index (Phi) is 7.28. The maximum atomic E-state index is 13.8. The first-order valence-corrected chi connectivity index (χ1v) is 17.5. The van der Waals surface area contributed by atoms with Crippen LogP contribution < -0.4 is 0 Å². The highest BCUT2D eigenvalue weighted by Gasteiger charge is 2.49. The zero-order valence-corrected chi connectivity index (χ0v) is 23.5. The average Bonchev–Trinajstić information content (AvgIpc) is 3.20. The van der Waals surface area contributed by atoms with Gasteiger partial charge in [0.25, 0.3) is 6.43 Å². The van der Waals surface area contributed by atoms with Crippen molar-refractivity contribution in [3.05, 3.63) is 28.0 Å². The van der Waals surface area contributed by atoms with Crippen molar-refractivity contribution in [2.75, 3.05) is 13.3 Å². The van der Waals surface area contributed by atoms with Crippen molar-refractivity contribution in [3.8, 4) is 16.9 Å². The summed E-state index contributed by atoms with van der Waals surface area (Å²) >= 11 is 7.05. The molecule has 194 valence electrons. The number of nitriles is 1. The van der Waals surface area contributed by atoms with Crippen LogP contribution in [0.2, 0.25) is 30.7 Å². The molecule has 0 aliphatic heterocycles. The number of aromatic nitrogens is 4. The van der Waals surface area contributed by atoms with Crippen LogP contribution in [0.3, 0.4) is 0 Å². The molecule has 3 aromatic heterocycles. The Morgan fingerprint density at radius 2 is 2.06 bits per heavy atom. The van der Waals surface area contributed by atoms with Gasteiger partial charge in [0.05, 0.1) is 5.02 Å². The van der Waals surface area contributed by atoms with Crippen LogP contribution in [0.1, 0.15) is 36.9 Å². The maximum absolute atomic E-state index is 13.8. The molecule has 15 heteroatoms. The molecular formula is C21H25ClF2N6O3S2Si. The number of fused-ring (bicyclic) bond motifs is 1. The van der Waals surface area contributed by atoms with Crippen molar-refractivity contribution in [3.63, 3.8) is 0 Å². The number of halogens is 3. The second-order valence-corrected chi connectivity index (χ2v) is 19.0. The lowest BCUT2D eigenvalue weighted by atomic mass is 10.3. The van der Waals surface area contributed by atoms with Crippen LogP contribution in [-0.2, 0) is 14.8 Å². The first-order chi connectivity index (χ1) is 16.8. The van der Waals surface area contributed by atoms with Gasteiger partial charge in [-0.15, -0.1) is 10.2 Å². The van der Waals surface area contributed by atoms with E-state index in [9.17, 15) is 22.5 Å². The Morgan fingerprint density at radius 1 is 1.36 bits per heavy atom. The highest BCUT2D eigenvalue weighted by Crippen LogP contribution is 2.44. The molecule has 0 radical (unpaired) electrons. The third-order valence-corrected chi connectivity index (χ3v) is 10.8. The molecule has 0 amide bonds. The second-order valence-electron chi connectivity index (χ2n) is 10.1. The van der Waals surface area contributed by atoms with Crippen LogP contribution in [0.15, 0.2) is 17.2 Å². The topological polar surface area (TPSA) is 113 Å². The molecule has 0 N–H and O–H groups in total. The van der Waals surface area contributed by atoms with Crippen LogP contribution in [0.4, 0.5) is 8.78 Å². The summed E-state index contributed by atoms with van der Waals surface area (Å²) in [4.78, 5) is 4.04. The Balaban J connectivity index is 1.76. The summed E-state index contributed by atoms with van der Waals surface area (Å²) < 4.78 is 62.2. The summed E-state index contributed by atoms with van der Waals surface area (Å²) in [5.41, 5.74) is -0.522. The van der Waals surface area contributed by atoms with Crippen molar-refractivity contribution in [2.45, 2.75) is 62.3 Å². The van der Waals surface area contributed by atoms with Gasteiger partial charge < -0.3 is 4.74 Å². The molecule has 0 spiro atoms. The van der Waals surface area contributed by atoms with Crippen LogP contribution in [0.5, 0.6) is 0 Å². The molecular weight excluding hydrogens is 550 g/mol. The number of pyridine rings is 1. The van der Waals surface area contributed by atoms with Gasteiger partial charge in [-0.05, 0) is 31.9 Å². The van der Waals surface area contributed by atoms with E-state index in [1.165, 1.54) is 21.0 Å². The van der Waals surface area contributed by atoms with E-state index in [-0.39, 0.29) is 38.7 Å². The third kappa shape index (κ3) is 5.32.